The van der Waals surface area contributed by atoms with E-state index in [1.165, 1.54) is 30.4 Å². The number of hydrogen-bond donors (Lipinski definition) is 2. The smallest absolute Gasteiger partial charge is 0.248 e. The minimum atomic E-state index is -0.327. The van der Waals surface area contributed by atoms with Gasteiger partial charge in [0.25, 0.3) is 0 Å². The molecule has 0 radical (unpaired) electrons. The number of benzene rings is 1. The maximum atomic E-state index is 13.0. The maximum Gasteiger partial charge on any atom is 0.248 e. The van der Waals surface area contributed by atoms with Crippen molar-refractivity contribution in [2.24, 2.45) is 0 Å². The van der Waals surface area contributed by atoms with Gasteiger partial charge in [-0.3, -0.25) is 4.79 Å². The van der Waals surface area contributed by atoms with Crippen molar-refractivity contribution in [3.05, 3.63) is 51.7 Å². The van der Waals surface area contributed by atoms with Gasteiger partial charge in [-0.05, 0) is 49.3 Å². The first-order chi connectivity index (χ1) is 11.6. The number of anilines is 1. The van der Waals surface area contributed by atoms with E-state index < -0.39 is 0 Å². The highest BCUT2D eigenvalue weighted by atomic mass is 32.1. The molecule has 0 saturated heterocycles. The molecule has 1 aliphatic carbocycles. The van der Waals surface area contributed by atoms with E-state index in [0.29, 0.717) is 6.04 Å². The molecule has 1 aromatic carbocycles. The second-order valence-corrected chi connectivity index (χ2v) is 7.68. The first-order valence-corrected chi connectivity index (χ1v) is 9.69. The molecule has 1 unspecified atom stereocenters. The molecule has 3 nitrogen and oxygen atoms in total. The number of thiophene rings is 1. The Bertz CT molecular complexity index is 655. The highest BCUT2D eigenvalue weighted by Crippen LogP contribution is 2.29. The lowest BCUT2D eigenvalue weighted by Gasteiger charge is -2.27. The lowest BCUT2D eigenvalue weighted by Crippen LogP contribution is -2.41. The van der Waals surface area contributed by atoms with E-state index in [0.717, 1.165) is 23.4 Å². The van der Waals surface area contributed by atoms with Crippen LogP contribution in [0.4, 0.5) is 5.69 Å². The van der Waals surface area contributed by atoms with Crippen LogP contribution in [0.2, 0.25) is 0 Å². The molecule has 0 spiro atoms. The molecular weight excluding hydrogens is 316 g/mol. The fraction of sp³-hybridized carbons (Fsp3) is 0.450. The average molecular weight is 343 g/mol. The zero-order valence-corrected chi connectivity index (χ0v) is 15.3. The van der Waals surface area contributed by atoms with E-state index >= 15 is 0 Å². The molecule has 1 amide bonds. The summed E-state index contributed by atoms with van der Waals surface area (Å²) < 4.78 is 0. The fourth-order valence-electron chi connectivity index (χ4n) is 3.44. The first-order valence-electron chi connectivity index (χ1n) is 8.81. The molecule has 1 aromatic heterocycles. The van der Waals surface area contributed by atoms with Crippen LogP contribution in [0.3, 0.4) is 0 Å². The maximum absolute atomic E-state index is 13.0. The van der Waals surface area contributed by atoms with Crippen LogP contribution in [0.1, 0.15) is 54.1 Å². The third kappa shape index (κ3) is 3.99. The van der Waals surface area contributed by atoms with Gasteiger partial charge in [-0.1, -0.05) is 43.5 Å². The first kappa shape index (κ1) is 17.0. The Kier molecular flexibility index (Phi) is 5.56. The molecule has 3 rings (SSSR count). The highest BCUT2D eigenvalue weighted by molar-refractivity contribution is 7.10. The number of para-hydroxylation sites is 1. The van der Waals surface area contributed by atoms with Gasteiger partial charge in [0.05, 0.1) is 0 Å². The van der Waals surface area contributed by atoms with Gasteiger partial charge in [-0.15, -0.1) is 11.3 Å². The van der Waals surface area contributed by atoms with Gasteiger partial charge < -0.3 is 10.6 Å². The van der Waals surface area contributed by atoms with Crippen LogP contribution in [0.25, 0.3) is 0 Å². The van der Waals surface area contributed by atoms with Crippen LogP contribution < -0.4 is 10.6 Å². The van der Waals surface area contributed by atoms with E-state index in [1.807, 2.05) is 17.5 Å². The highest BCUT2D eigenvalue weighted by Gasteiger charge is 2.25. The van der Waals surface area contributed by atoms with Crippen molar-refractivity contribution in [2.45, 2.75) is 58.0 Å². The Balaban J connectivity index is 1.80. The summed E-state index contributed by atoms with van der Waals surface area (Å²) in [5.41, 5.74) is 3.40. The van der Waals surface area contributed by atoms with Gasteiger partial charge in [0, 0.05) is 16.6 Å². The molecular formula is C20H26N2OS. The summed E-state index contributed by atoms with van der Waals surface area (Å²) in [5.74, 6) is 0.0898. The molecule has 1 aliphatic rings. The van der Waals surface area contributed by atoms with Gasteiger partial charge in [0.2, 0.25) is 5.91 Å². The van der Waals surface area contributed by atoms with E-state index in [2.05, 4.69) is 42.7 Å². The van der Waals surface area contributed by atoms with Gasteiger partial charge >= 0.3 is 0 Å². The van der Waals surface area contributed by atoms with Gasteiger partial charge in [-0.2, -0.15) is 0 Å². The van der Waals surface area contributed by atoms with Crippen LogP contribution in [0, 0.1) is 13.8 Å². The summed E-state index contributed by atoms with van der Waals surface area (Å²) in [6.45, 7) is 4.17. The van der Waals surface area contributed by atoms with Crippen LogP contribution in [0.15, 0.2) is 35.7 Å². The summed E-state index contributed by atoms with van der Waals surface area (Å²) in [7, 11) is 0. The second-order valence-electron chi connectivity index (χ2n) is 6.70. The summed E-state index contributed by atoms with van der Waals surface area (Å²) in [6.07, 6.45) is 5.94. The Hall–Kier alpha value is -1.81. The van der Waals surface area contributed by atoms with Crippen molar-refractivity contribution >= 4 is 22.9 Å². The largest absolute Gasteiger partial charge is 0.369 e. The van der Waals surface area contributed by atoms with Gasteiger partial charge in [-0.25, -0.2) is 0 Å². The van der Waals surface area contributed by atoms with Crippen LogP contribution in [0.5, 0.6) is 0 Å². The number of carbonyl (C=O) groups excluding carboxylic acids is 1. The zero-order chi connectivity index (χ0) is 16.9. The van der Waals surface area contributed by atoms with Crippen molar-refractivity contribution in [2.75, 3.05) is 5.32 Å². The molecule has 4 heteroatoms. The summed E-state index contributed by atoms with van der Waals surface area (Å²) in [5, 5.41) is 8.81. The Morgan fingerprint density at radius 3 is 2.42 bits per heavy atom. The lowest BCUT2D eigenvalue weighted by atomic mass is 9.95. The van der Waals surface area contributed by atoms with Crippen LogP contribution >= 0.6 is 11.3 Å². The number of nitrogens with one attached hydrogen (secondary N) is 2. The van der Waals surface area contributed by atoms with Crippen molar-refractivity contribution in [1.29, 1.82) is 0 Å². The van der Waals surface area contributed by atoms with Crippen LogP contribution in [-0.2, 0) is 4.79 Å². The number of rotatable bonds is 5. The molecule has 2 N–H and O–H groups in total. The van der Waals surface area contributed by atoms with E-state index in [1.54, 1.807) is 11.3 Å². The molecule has 24 heavy (non-hydrogen) atoms. The Labute approximate surface area is 148 Å². The summed E-state index contributed by atoms with van der Waals surface area (Å²) in [4.78, 5) is 14.0. The average Bonchev–Trinajstić information content (AvgIpc) is 3.09. The van der Waals surface area contributed by atoms with Gasteiger partial charge in [0.1, 0.15) is 6.04 Å². The number of aryl methyl sites for hydroxylation is 2. The fourth-order valence-corrected chi connectivity index (χ4v) is 4.21. The zero-order valence-electron chi connectivity index (χ0n) is 14.5. The quantitative estimate of drug-likeness (QED) is 0.806. The molecule has 1 atom stereocenters. The number of carbonyl (C=O) groups is 1. The minimum absolute atomic E-state index is 0.0898. The normalized spacial score (nSPS) is 16.6. The van der Waals surface area contributed by atoms with E-state index in [9.17, 15) is 4.79 Å². The molecule has 0 aliphatic heterocycles. The van der Waals surface area contributed by atoms with E-state index in [4.69, 9.17) is 0 Å². The second kappa shape index (κ2) is 7.84. The molecule has 1 saturated carbocycles. The topological polar surface area (TPSA) is 41.1 Å². The SMILES string of the molecule is Cc1cccc(C)c1NC(C(=O)NC1CCCCC1)c1cccs1. The molecule has 1 fully saturated rings. The third-order valence-electron chi connectivity index (χ3n) is 4.81. The van der Waals surface area contributed by atoms with Crippen molar-refractivity contribution < 1.29 is 4.79 Å². The van der Waals surface area contributed by atoms with Crippen LogP contribution in [-0.4, -0.2) is 11.9 Å². The Morgan fingerprint density at radius 2 is 1.79 bits per heavy atom. The number of amides is 1. The van der Waals surface area contributed by atoms with Crippen molar-refractivity contribution in [3.8, 4) is 0 Å². The lowest BCUT2D eigenvalue weighted by molar-refractivity contribution is -0.122. The van der Waals surface area contributed by atoms with Gasteiger partial charge in [0.15, 0.2) is 0 Å². The summed E-state index contributed by atoms with van der Waals surface area (Å²) >= 11 is 1.63. The molecule has 1 heterocycles. The van der Waals surface area contributed by atoms with Crippen molar-refractivity contribution in [1.82, 2.24) is 5.32 Å². The molecule has 2 aromatic rings. The monoisotopic (exact) mass is 342 g/mol. The van der Waals surface area contributed by atoms with E-state index in [-0.39, 0.29) is 11.9 Å². The van der Waals surface area contributed by atoms with Crippen molar-refractivity contribution in [3.63, 3.8) is 0 Å². The molecule has 128 valence electrons. The molecule has 0 bridgehead atoms. The third-order valence-corrected chi connectivity index (χ3v) is 5.75. The predicted octanol–water partition coefficient (Wildman–Crippen LogP) is 4.97. The predicted molar refractivity (Wildman–Crippen MR) is 102 cm³/mol. The Morgan fingerprint density at radius 1 is 1.08 bits per heavy atom. The standard InChI is InChI=1S/C20H26N2OS/c1-14-8-6-9-15(2)18(14)22-19(17-12-7-13-24-17)20(23)21-16-10-4-3-5-11-16/h6-9,12-13,16,19,22H,3-5,10-11H2,1-2H3,(H,21,23). The number of hydrogen-bond acceptors (Lipinski definition) is 3. The summed E-state index contributed by atoms with van der Waals surface area (Å²) in [6, 6.07) is 10.3. The minimum Gasteiger partial charge on any atom is -0.369 e.